The third kappa shape index (κ3) is 8.55. The lowest BCUT2D eigenvalue weighted by molar-refractivity contribution is 0.324. The average molecular weight is 430 g/mol. The molecule has 0 radical (unpaired) electrons. The Morgan fingerprint density at radius 3 is 2.61 bits per heavy atom. The Labute approximate surface area is 157 Å². The highest BCUT2D eigenvalue weighted by Crippen LogP contribution is 2.16. The van der Waals surface area contributed by atoms with E-state index in [0.717, 1.165) is 26.1 Å². The van der Waals surface area contributed by atoms with Crippen molar-refractivity contribution in [2.45, 2.75) is 51.1 Å². The van der Waals surface area contributed by atoms with Gasteiger partial charge in [0, 0.05) is 19.1 Å². The molecule has 0 atom stereocenters. The second kappa shape index (κ2) is 11.7. The predicted octanol–water partition coefficient (Wildman–Crippen LogP) is 3.36. The van der Waals surface area contributed by atoms with Gasteiger partial charge in [-0.25, -0.2) is 0 Å². The number of guanidine groups is 1. The molecule has 1 saturated carbocycles. The third-order valence-electron chi connectivity index (χ3n) is 4.23. The third-order valence-corrected chi connectivity index (χ3v) is 4.23. The average Bonchev–Trinajstić information content (AvgIpc) is 2.53. The number of nitrogens with one attached hydrogen (secondary N) is 1. The fraction of sp³-hybridized carbons (Fsp3) is 0.611. The van der Waals surface area contributed by atoms with Crippen molar-refractivity contribution in [3.8, 4) is 0 Å². The summed E-state index contributed by atoms with van der Waals surface area (Å²) in [5, 5.41) is 3.36. The van der Waals surface area contributed by atoms with Crippen LogP contribution in [0.15, 0.2) is 35.3 Å². The maximum atomic E-state index is 5.97. The van der Waals surface area contributed by atoms with E-state index in [9.17, 15) is 0 Å². The van der Waals surface area contributed by atoms with Crippen LogP contribution in [0.1, 0.15) is 44.1 Å². The van der Waals surface area contributed by atoms with Crippen molar-refractivity contribution in [3.05, 3.63) is 35.9 Å². The molecule has 0 aliphatic heterocycles. The Balaban J connectivity index is 0.00000264. The van der Waals surface area contributed by atoms with Gasteiger partial charge in [0.2, 0.25) is 0 Å². The zero-order valence-electron chi connectivity index (χ0n) is 14.2. The van der Waals surface area contributed by atoms with Crippen LogP contribution in [0.3, 0.4) is 0 Å². The van der Waals surface area contributed by atoms with Crippen LogP contribution in [0.5, 0.6) is 0 Å². The molecule has 0 amide bonds. The van der Waals surface area contributed by atoms with Gasteiger partial charge in [0.05, 0.1) is 0 Å². The molecule has 2 rings (SSSR count). The predicted molar refractivity (Wildman–Crippen MR) is 109 cm³/mol. The lowest BCUT2D eigenvalue weighted by atomic mass is 9.96. The van der Waals surface area contributed by atoms with E-state index in [-0.39, 0.29) is 24.0 Å². The maximum Gasteiger partial charge on any atom is 0.188 e. The summed E-state index contributed by atoms with van der Waals surface area (Å²) < 4.78 is 0. The minimum absolute atomic E-state index is 0. The molecule has 23 heavy (non-hydrogen) atoms. The minimum Gasteiger partial charge on any atom is -0.370 e. The molecule has 0 heterocycles. The Kier molecular flexibility index (Phi) is 10.3. The summed E-state index contributed by atoms with van der Waals surface area (Å²) in [5.41, 5.74) is 7.32. The zero-order valence-corrected chi connectivity index (χ0v) is 16.5. The fourth-order valence-electron chi connectivity index (χ4n) is 3.02. The second-order valence-corrected chi connectivity index (χ2v) is 6.32. The van der Waals surface area contributed by atoms with E-state index in [1.807, 2.05) is 0 Å². The molecule has 1 aliphatic rings. The van der Waals surface area contributed by atoms with E-state index < -0.39 is 0 Å². The molecule has 0 saturated heterocycles. The van der Waals surface area contributed by atoms with Crippen LogP contribution in [-0.2, 0) is 6.54 Å². The smallest absolute Gasteiger partial charge is 0.188 e. The van der Waals surface area contributed by atoms with E-state index >= 15 is 0 Å². The molecule has 0 bridgehead atoms. The summed E-state index contributed by atoms with van der Waals surface area (Å²) in [6.07, 6.45) is 7.50. The van der Waals surface area contributed by atoms with E-state index in [1.54, 1.807) is 0 Å². The van der Waals surface area contributed by atoms with Gasteiger partial charge in [0.1, 0.15) is 0 Å². The van der Waals surface area contributed by atoms with Crippen LogP contribution in [0, 0.1) is 0 Å². The van der Waals surface area contributed by atoms with Crippen molar-refractivity contribution in [1.82, 2.24) is 10.2 Å². The standard InChI is InChI=1S/C18H30N4.HI/c1-22(15-16-9-4-2-5-10-16)14-8-13-20-18(19)21-17-11-6-3-7-12-17;/h2,4-5,9-10,17H,3,6-8,11-15H2,1H3,(H3,19,20,21);1H. The highest BCUT2D eigenvalue weighted by Gasteiger charge is 2.13. The molecular weight excluding hydrogens is 399 g/mol. The summed E-state index contributed by atoms with van der Waals surface area (Å²) in [5.74, 6) is 0.623. The van der Waals surface area contributed by atoms with E-state index in [0.29, 0.717) is 12.0 Å². The lowest BCUT2D eigenvalue weighted by Gasteiger charge is -2.23. The maximum absolute atomic E-state index is 5.97. The molecule has 0 unspecified atom stereocenters. The Bertz CT molecular complexity index is 444. The molecule has 1 aliphatic carbocycles. The first-order valence-corrected chi connectivity index (χ1v) is 8.53. The van der Waals surface area contributed by atoms with Crippen LogP contribution in [0.2, 0.25) is 0 Å². The van der Waals surface area contributed by atoms with Crippen LogP contribution < -0.4 is 11.1 Å². The number of nitrogens with zero attached hydrogens (tertiary/aromatic N) is 2. The van der Waals surface area contributed by atoms with Crippen molar-refractivity contribution in [3.63, 3.8) is 0 Å². The minimum atomic E-state index is 0. The summed E-state index contributed by atoms with van der Waals surface area (Å²) in [7, 11) is 2.15. The SMILES string of the molecule is CN(CCCN=C(N)NC1CCCCC1)Cc1ccccc1.I. The number of aliphatic imine (C=N–C) groups is 1. The Morgan fingerprint density at radius 2 is 1.91 bits per heavy atom. The lowest BCUT2D eigenvalue weighted by Crippen LogP contribution is -2.41. The van der Waals surface area contributed by atoms with Gasteiger partial charge in [-0.15, -0.1) is 24.0 Å². The largest absolute Gasteiger partial charge is 0.370 e. The Hall–Kier alpha value is -0.820. The molecule has 3 N–H and O–H groups in total. The quantitative estimate of drug-likeness (QED) is 0.302. The van der Waals surface area contributed by atoms with E-state index in [4.69, 9.17) is 5.73 Å². The first kappa shape index (κ1) is 20.2. The van der Waals surface area contributed by atoms with Gasteiger partial charge >= 0.3 is 0 Å². The monoisotopic (exact) mass is 430 g/mol. The number of rotatable bonds is 7. The van der Waals surface area contributed by atoms with Gasteiger partial charge in [0.15, 0.2) is 5.96 Å². The zero-order chi connectivity index (χ0) is 15.6. The van der Waals surface area contributed by atoms with Crippen molar-refractivity contribution in [2.75, 3.05) is 20.1 Å². The fourth-order valence-corrected chi connectivity index (χ4v) is 3.02. The molecule has 1 aromatic carbocycles. The molecule has 130 valence electrons. The summed E-state index contributed by atoms with van der Waals surface area (Å²) in [6.45, 7) is 2.82. The highest BCUT2D eigenvalue weighted by atomic mass is 127. The molecule has 1 aromatic rings. The topological polar surface area (TPSA) is 53.6 Å². The van der Waals surface area contributed by atoms with Crippen LogP contribution in [-0.4, -0.2) is 37.0 Å². The second-order valence-electron chi connectivity index (χ2n) is 6.32. The summed E-state index contributed by atoms with van der Waals surface area (Å²) >= 11 is 0. The first-order chi connectivity index (χ1) is 10.7. The van der Waals surface area contributed by atoms with Gasteiger partial charge in [0.25, 0.3) is 0 Å². The molecule has 1 fully saturated rings. The van der Waals surface area contributed by atoms with Crippen molar-refractivity contribution in [1.29, 1.82) is 0 Å². The molecule has 0 spiro atoms. The van der Waals surface area contributed by atoms with E-state index in [2.05, 4.69) is 52.6 Å². The van der Waals surface area contributed by atoms with Crippen molar-refractivity contribution < 1.29 is 0 Å². The normalized spacial score (nSPS) is 16.2. The molecule has 4 nitrogen and oxygen atoms in total. The van der Waals surface area contributed by atoms with Crippen molar-refractivity contribution in [2.24, 2.45) is 10.7 Å². The number of benzene rings is 1. The number of hydrogen-bond donors (Lipinski definition) is 2. The Morgan fingerprint density at radius 1 is 1.22 bits per heavy atom. The first-order valence-electron chi connectivity index (χ1n) is 8.53. The van der Waals surface area contributed by atoms with Crippen molar-refractivity contribution >= 4 is 29.9 Å². The molecule has 5 heteroatoms. The van der Waals surface area contributed by atoms with Gasteiger partial charge in [-0.1, -0.05) is 49.6 Å². The van der Waals surface area contributed by atoms with Gasteiger partial charge in [-0.2, -0.15) is 0 Å². The van der Waals surface area contributed by atoms with Crippen LogP contribution in [0.25, 0.3) is 0 Å². The number of hydrogen-bond acceptors (Lipinski definition) is 2. The van der Waals surface area contributed by atoms with E-state index in [1.165, 1.54) is 37.7 Å². The highest BCUT2D eigenvalue weighted by molar-refractivity contribution is 14.0. The van der Waals surface area contributed by atoms with Gasteiger partial charge in [-0.05, 0) is 38.4 Å². The molecular formula is C18H31IN4. The number of halogens is 1. The molecule has 0 aromatic heterocycles. The van der Waals surface area contributed by atoms with Crippen LogP contribution >= 0.6 is 24.0 Å². The van der Waals surface area contributed by atoms with Gasteiger partial charge in [-0.3, -0.25) is 4.99 Å². The summed E-state index contributed by atoms with van der Waals surface area (Å²) in [4.78, 5) is 6.78. The van der Waals surface area contributed by atoms with Gasteiger partial charge < -0.3 is 16.0 Å². The van der Waals surface area contributed by atoms with Crippen LogP contribution in [0.4, 0.5) is 0 Å². The number of nitrogens with two attached hydrogens (primary N) is 1. The summed E-state index contributed by atoms with van der Waals surface area (Å²) in [6, 6.07) is 11.1.